The van der Waals surface area contributed by atoms with Crippen molar-refractivity contribution in [3.63, 3.8) is 0 Å². The highest BCUT2D eigenvalue weighted by Gasteiger charge is 2.32. The number of phenolic OH excluding ortho intramolecular Hbond substituents is 1. The number of aliphatic hydroxyl groups excluding tert-OH is 2. The quantitative estimate of drug-likeness (QED) is 0.135. The van der Waals surface area contributed by atoms with Crippen molar-refractivity contribution in [3.8, 4) is 23.0 Å². The molecule has 10 heteroatoms. The summed E-state index contributed by atoms with van der Waals surface area (Å²) in [5.74, 6) is 0.501. The maximum Gasteiger partial charge on any atom is 0.194 e. The van der Waals surface area contributed by atoms with Gasteiger partial charge >= 0.3 is 0 Å². The van der Waals surface area contributed by atoms with Crippen LogP contribution in [-0.4, -0.2) is 63.0 Å². The van der Waals surface area contributed by atoms with Gasteiger partial charge in [-0.15, -0.1) is 0 Å². The lowest BCUT2D eigenvalue weighted by atomic mass is 9.83. The smallest absolute Gasteiger partial charge is 0.194 e. The van der Waals surface area contributed by atoms with E-state index in [1.807, 2.05) is 13.0 Å². The zero-order valence-electron chi connectivity index (χ0n) is 23.2. The molecule has 0 heterocycles. The summed E-state index contributed by atoms with van der Waals surface area (Å²) in [5.41, 5.74) is 2.64. The molecule has 0 aromatic heterocycles. The number of fused-ring (bicyclic) bond motifs is 1. The van der Waals surface area contributed by atoms with Crippen LogP contribution >= 0.6 is 0 Å². The molecular weight excluding hydrogens is 528 g/mol. The summed E-state index contributed by atoms with van der Waals surface area (Å²) in [4.78, 5) is 27.4. The number of aliphatic hydroxyl groups is 2. The van der Waals surface area contributed by atoms with Crippen LogP contribution in [0.5, 0.6) is 23.0 Å². The molecule has 0 spiro atoms. The summed E-state index contributed by atoms with van der Waals surface area (Å²) < 4.78 is 17.3. The van der Waals surface area contributed by atoms with Crippen molar-refractivity contribution < 1.29 is 29.5 Å². The first kappa shape index (κ1) is 26.7. The van der Waals surface area contributed by atoms with E-state index >= 15 is 0 Å². The first-order chi connectivity index (χ1) is 19.8. The fourth-order valence-electron chi connectivity index (χ4n) is 6.48. The van der Waals surface area contributed by atoms with Crippen molar-refractivity contribution in [2.45, 2.75) is 13.3 Å². The predicted molar refractivity (Wildman–Crippen MR) is 161 cm³/mol. The van der Waals surface area contributed by atoms with Gasteiger partial charge in [0.2, 0.25) is 0 Å². The number of allylic oxidation sites excluding steroid dienone is 1. The summed E-state index contributed by atoms with van der Waals surface area (Å²) >= 11 is 0. The van der Waals surface area contributed by atoms with E-state index in [4.69, 9.17) is 14.2 Å². The molecule has 0 saturated carbocycles. The Morgan fingerprint density at radius 1 is 0.732 bits per heavy atom. The van der Waals surface area contributed by atoms with Crippen LogP contribution in [0.3, 0.4) is 0 Å². The Morgan fingerprint density at radius 3 is 1.85 bits per heavy atom. The normalized spacial score (nSPS) is 12.9. The maximum absolute atomic E-state index is 13.9. The van der Waals surface area contributed by atoms with Crippen LogP contribution in [0.15, 0.2) is 27.3 Å². The number of aromatic hydroxyl groups is 1. The summed E-state index contributed by atoms with van der Waals surface area (Å²) in [6, 6.07) is 2.72. The molecule has 41 heavy (non-hydrogen) atoms. The lowest BCUT2D eigenvalue weighted by molar-refractivity contribution is 0.310. The Bertz CT molecular complexity index is 2020. The fourth-order valence-corrected chi connectivity index (χ4v) is 6.48. The van der Waals surface area contributed by atoms with E-state index in [1.54, 1.807) is 0 Å². The molecular formula is C31H30N2O8. The molecule has 0 atom stereocenters. The SMILES string of the molecule is COc1c(O)c2c(=O)cc(OC)c3c4c(OC)cc(=O)c5c(NCCO)c(NCCO)c6c(c(c1CC(C)=C6)c23)c54. The van der Waals surface area contributed by atoms with Crippen LogP contribution in [0, 0.1) is 0 Å². The van der Waals surface area contributed by atoms with Crippen molar-refractivity contribution in [2.24, 2.45) is 0 Å². The number of anilines is 2. The number of rotatable bonds is 9. The van der Waals surface area contributed by atoms with Gasteiger partial charge < -0.3 is 40.2 Å². The molecule has 212 valence electrons. The molecule has 0 unspecified atom stereocenters. The maximum atomic E-state index is 13.9. The number of ether oxygens (including phenoxy) is 3. The third-order valence-corrected chi connectivity index (χ3v) is 7.89. The minimum atomic E-state index is -0.436. The second kappa shape index (κ2) is 9.83. The van der Waals surface area contributed by atoms with Gasteiger partial charge in [-0.1, -0.05) is 11.6 Å². The molecule has 0 bridgehead atoms. The minimum Gasteiger partial charge on any atom is -0.504 e. The number of hydrogen-bond acceptors (Lipinski definition) is 10. The lowest BCUT2D eigenvalue weighted by Gasteiger charge is -2.25. The van der Waals surface area contributed by atoms with Gasteiger partial charge in [-0.2, -0.15) is 0 Å². The van der Waals surface area contributed by atoms with Crippen LogP contribution in [0.25, 0.3) is 49.2 Å². The molecule has 5 aromatic rings. The van der Waals surface area contributed by atoms with Gasteiger partial charge in [0.15, 0.2) is 22.4 Å². The number of benzene rings is 5. The predicted octanol–water partition coefficient (Wildman–Crippen LogP) is 3.39. The highest BCUT2D eigenvalue weighted by atomic mass is 16.5. The summed E-state index contributed by atoms with van der Waals surface area (Å²) in [5, 5.41) is 41.3. The Kier molecular flexibility index (Phi) is 6.39. The number of hydrogen-bond donors (Lipinski definition) is 5. The Morgan fingerprint density at radius 2 is 1.29 bits per heavy atom. The third-order valence-electron chi connectivity index (χ3n) is 7.89. The summed E-state index contributed by atoms with van der Waals surface area (Å²) in [7, 11) is 4.39. The lowest BCUT2D eigenvalue weighted by Crippen LogP contribution is -2.16. The van der Waals surface area contributed by atoms with Crippen LogP contribution < -0.4 is 35.7 Å². The molecule has 1 aliphatic rings. The molecule has 0 fully saturated rings. The van der Waals surface area contributed by atoms with E-state index < -0.39 is 5.43 Å². The zero-order chi connectivity index (χ0) is 29.2. The van der Waals surface area contributed by atoms with E-state index in [2.05, 4.69) is 10.6 Å². The molecule has 6 rings (SSSR count). The van der Waals surface area contributed by atoms with Crippen LogP contribution in [-0.2, 0) is 6.42 Å². The molecule has 1 aliphatic carbocycles. The second-order valence-electron chi connectivity index (χ2n) is 10.1. The highest BCUT2D eigenvalue weighted by Crippen LogP contribution is 2.56. The molecule has 0 saturated heterocycles. The summed E-state index contributed by atoms with van der Waals surface area (Å²) in [6.07, 6.45) is 2.39. The van der Waals surface area contributed by atoms with Crippen molar-refractivity contribution in [1.82, 2.24) is 0 Å². The highest BCUT2D eigenvalue weighted by molar-refractivity contribution is 6.40. The van der Waals surface area contributed by atoms with Gasteiger partial charge in [0, 0.05) is 63.3 Å². The first-order valence-electron chi connectivity index (χ1n) is 13.2. The Balaban J connectivity index is 2.09. The van der Waals surface area contributed by atoms with Gasteiger partial charge in [-0.05, 0) is 18.7 Å². The Labute approximate surface area is 234 Å². The van der Waals surface area contributed by atoms with Gasteiger partial charge in [0.1, 0.15) is 11.5 Å². The molecule has 5 aromatic carbocycles. The topological polar surface area (TPSA) is 147 Å². The average molecular weight is 559 g/mol. The third kappa shape index (κ3) is 3.57. The van der Waals surface area contributed by atoms with Crippen LogP contribution in [0.1, 0.15) is 18.1 Å². The van der Waals surface area contributed by atoms with Crippen molar-refractivity contribution in [3.05, 3.63) is 49.3 Å². The van der Waals surface area contributed by atoms with Gasteiger partial charge in [0.05, 0.1) is 56.7 Å². The molecule has 0 radical (unpaired) electrons. The molecule has 0 amide bonds. The molecule has 10 nitrogen and oxygen atoms in total. The summed E-state index contributed by atoms with van der Waals surface area (Å²) in [6.45, 7) is 2.00. The molecule has 0 aliphatic heterocycles. The van der Waals surface area contributed by atoms with Crippen LogP contribution in [0.2, 0.25) is 0 Å². The van der Waals surface area contributed by atoms with Crippen molar-refractivity contribution in [2.75, 3.05) is 58.3 Å². The second-order valence-corrected chi connectivity index (χ2v) is 10.1. The zero-order valence-corrected chi connectivity index (χ0v) is 23.2. The van der Waals surface area contributed by atoms with Crippen molar-refractivity contribution >= 4 is 60.5 Å². The van der Waals surface area contributed by atoms with Gasteiger partial charge in [-0.25, -0.2) is 0 Å². The fraction of sp³-hybridized carbons (Fsp3) is 0.290. The van der Waals surface area contributed by atoms with E-state index in [9.17, 15) is 24.9 Å². The Hall–Kier alpha value is -4.54. The van der Waals surface area contributed by atoms with Crippen molar-refractivity contribution in [1.29, 1.82) is 0 Å². The van der Waals surface area contributed by atoms with Crippen LogP contribution in [0.4, 0.5) is 11.4 Å². The van der Waals surface area contributed by atoms with Gasteiger partial charge in [0.25, 0.3) is 0 Å². The first-order valence-corrected chi connectivity index (χ1v) is 13.2. The van der Waals surface area contributed by atoms with E-state index in [1.165, 1.54) is 33.5 Å². The monoisotopic (exact) mass is 558 g/mol. The number of phenols is 1. The van der Waals surface area contributed by atoms with E-state index in [0.29, 0.717) is 66.8 Å². The largest absolute Gasteiger partial charge is 0.504 e. The minimum absolute atomic E-state index is 0.0845. The van der Waals surface area contributed by atoms with E-state index in [-0.39, 0.29) is 54.4 Å². The number of nitrogens with one attached hydrogen (secondary N) is 2. The molecule has 5 N–H and O–H groups in total. The average Bonchev–Trinajstić information content (AvgIpc) is 3.11. The number of methoxy groups -OCH3 is 3. The van der Waals surface area contributed by atoms with E-state index in [0.717, 1.165) is 11.1 Å². The van der Waals surface area contributed by atoms with Gasteiger partial charge in [-0.3, -0.25) is 9.59 Å². The standard InChI is InChI=1S/C31H30N2O8/c1-13-9-14-20-21-15(10-13)31(41-4)30(38)23-17(37)12-19(40-3)25(27(21)23)24-18(39-2)11-16(36)22(26(20)24)29(33-6-8-35)28(14)32-5-7-34/h9,11-12,32-35,38H,5-8,10H2,1-4H3.